The molecular formula is C13H28N4O. The van der Waals surface area contributed by atoms with E-state index < -0.39 is 11.4 Å². The van der Waals surface area contributed by atoms with Crippen LogP contribution in [0.25, 0.3) is 0 Å². The van der Waals surface area contributed by atoms with E-state index in [1.165, 1.54) is 19.4 Å². The highest BCUT2D eigenvalue weighted by molar-refractivity contribution is 5.83. The van der Waals surface area contributed by atoms with Crippen LogP contribution in [0.4, 0.5) is 0 Å². The summed E-state index contributed by atoms with van der Waals surface area (Å²) in [7, 11) is 4.32. The Balaban J connectivity index is 2.21. The van der Waals surface area contributed by atoms with Gasteiger partial charge in [-0.15, -0.1) is 0 Å². The van der Waals surface area contributed by atoms with E-state index in [4.69, 9.17) is 11.5 Å². The van der Waals surface area contributed by atoms with Crippen molar-refractivity contribution in [2.75, 3.05) is 33.7 Å². The van der Waals surface area contributed by atoms with Crippen LogP contribution in [0.5, 0.6) is 0 Å². The first-order chi connectivity index (χ1) is 8.33. The summed E-state index contributed by atoms with van der Waals surface area (Å²) in [5.74, 6) is -0.416. The van der Waals surface area contributed by atoms with Crippen LogP contribution in [0.15, 0.2) is 0 Å². The van der Waals surface area contributed by atoms with Gasteiger partial charge in [0.2, 0.25) is 5.91 Å². The van der Waals surface area contributed by atoms with E-state index in [0.717, 1.165) is 19.5 Å². The van der Waals surface area contributed by atoms with Gasteiger partial charge in [0.15, 0.2) is 0 Å². The molecule has 5 nitrogen and oxygen atoms in total. The number of likely N-dealkylation sites (N-methyl/N-ethyl adjacent to an activating group) is 2. The molecule has 1 aliphatic rings. The Morgan fingerprint density at radius 1 is 1.56 bits per heavy atom. The first-order valence-electron chi connectivity index (χ1n) is 6.80. The van der Waals surface area contributed by atoms with Gasteiger partial charge in [-0.3, -0.25) is 4.79 Å². The molecule has 18 heavy (non-hydrogen) atoms. The lowest BCUT2D eigenvalue weighted by Crippen LogP contribution is -2.49. The summed E-state index contributed by atoms with van der Waals surface area (Å²) in [6, 6.07) is 0.676. The molecule has 5 heteroatoms. The molecule has 0 aliphatic carbocycles. The maximum atomic E-state index is 11.1. The summed E-state index contributed by atoms with van der Waals surface area (Å²) < 4.78 is 0. The van der Waals surface area contributed by atoms with E-state index in [1.807, 2.05) is 0 Å². The second kappa shape index (κ2) is 6.50. The van der Waals surface area contributed by atoms with Crippen LogP contribution in [0.1, 0.15) is 32.6 Å². The Labute approximate surface area is 110 Å². The Kier molecular flexibility index (Phi) is 5.56. The van der Waals surface area contributed by atoms with Crippen molar-refractivity contribution in [3.05, 3.63) is 0 Å². The summed E-state index contributed by atoms with van der Waals surface area (Å²) >= 11 is 0. The third-order valence-electron chi connectivity index (χ3n) is 3.99. The molecule has 4 N–H and O–H groups in total. The van der Waals surface area contributed by atoms with Crippen LogP contribution < -0.4 is 11.5 Å². The highest BCUT2D eigenvalue weighted by atomic mass is 16.1. The van der Waals surface area contributed by atoms with Crippen LogP contribution >= 0.6 is 0 Å². The van der Waals surface area contributed by atoms with Crippen LogP contribution in [-0.2, 0) is 4.79 Å². The topological polar surface area (TPSA) is 75.6 Å². The zero-order chi connectivity index (χ0) is 13.8. The van der Waals surface area contributed by atoms with Crippen molar-refractivity contribution in [2.45, 2.75) is 44.2 Å². The number of carbonyl (C=O) groups is 1. The molecule has 1 aliphatic heterocycles. The predicted octanol–water partition coefficient (Wildman–Crippen LogP) is -0.00470. The number of rotatable bonds is 7. The smallest absolute Gasteiger partial charge is 0.237 e. The average Bonchev–Trinajstić information content (AvgIpc) is 2.64. The van der Waals surface area contributed by atoms with Crippen molar-refractivity contribution in [2.24, 2.45) is 11.5 Å². The monoisotopic (exact) mass is 256 g/mol. The fourth-order valence-corrected chi connectivity index (χ4v) is 2.50. The van der Waals surface area contributed by atoms with E-state index in [1.54, 1.807) is 6.92 Å². The Hall–Kier alpha value is -0.650. The van der Waals surface area contributed by atoms with Crippen molar-refractivity contribution in [1.82, 2.24) is 9.80 Å². The van der Waals surface area contributed by atoms with Gasteiger partial charge in [-0.2, -0.15) is 0 Å². The first kappa shape index (κ1) is 15.4. The number of likely N-dealkylation sites (tertiary alicyclic amines) is 1. The van der Waals surface area contributed by atoms with Gasteiger partial charge < -0.3 is 21.3 Å². The Bertz CT molecular complexity index is 280. The molecule has 1 saturated heterocycles. The van der Waals surface area contributed by atoms with E-state index in [2.05, 4.69) is 23.9 Å². The molecular weight excluding hydrogens is 228 g/mol. The summed E-state index contributed by atoms with van der Waals surface area (Å²) in [6.07, 6.45) is 4.14. The molecule has 1 heterocycles. The third kappa shape index (κ3) is 4.55. The van der Waals surface area contributed by atoms with Crippen LogP contribution in [-0.4, -0.2) is 61.0 Å². The average molecular weight is 256 g/mol. The van der Waals surface area contributed by atoms with E-state index in [-0.39, 0.29) is 0 Å². The van der Waals surface area contributed by atoms with Gasteiger partial charge in [-0.05, 0) is 59.8 Å². The maximum Gasteiger partial charge on any atom is 0.237 e. The molecule has 106 valence electrons. The summed E-state index contributed by atoms with van der Waals surface area (Å²) in [4.78, 5) is 15.8. The number of amides is 1. The number of hydrogen-bond acceptors (Lipinski definition) is 4. The zero-order valence-electron chi connectivity index (χ0n) is 12.0. The number of hydrogen-bond donors (Lipinski definition) is 2. The summed E-state index contributed by atoms with van der Waals surface area (Å²) in [6.45, 7) is 4.97. The van der Waals surface area contributed by atoms with E-state index in [0.29, 0.717) is 12.5 Å². The van der Waals surface area contributed by atoms with E-state index in [9.17, 15) is 4.79 Å². The molecule has 0 aromatic carbocycles. The minimum absolute atomic E-state index is 0.416. The fraction of sp³-hybridized carbons (Fsp3) is 0.923. The Morgan fingerprint density at radius 2 is 2.22 bits per heavy atom. The zero-order valence-corrected chi connectivity index (χ0v) is 12.0. The normalized spacial score (nSPS) is 24.4. The molecule has 0 aromatic heterocycles. The lowest BCUT2D eigenvalue weighted by Gasteiger charge is -2.27. The number of carbonyl (C=O) groups excluding carboxylic acids is 1. The van der Waals surface area contributed by atoms with Crippen LogP contribution in [0, 0.1) is 0 Å². The number of nitrogens with two attached hydrogens (primary N) is 2. The van der Waals surface area contributed by atoms with E-state index >= 15 is 0 Å². The van der Waals surface area contributed by atoms with Gasteiger partial charge >= 0.3 is 0 Å². The molecule has 0 saturated carbocycles. The number of nitrogens with zero attached hydrogens (tertiary/aromatic N) is 2. The second-order valence-electron chi connectivity index (χ2n) is 5.92. The molecule has 2 unspecified atom stereocenters. The second-order valence-corrected chi connectivity index (χ2v) is 5.92. The SMILES string of the molecule is CN(CCCC(C)(N)C(N)=O)CC1CCCN1C. The molecule has 0 bridgehead atoms. The lowest BCUT2D eigenvalue weighted by molar-refractivity contribution is -0.122. The molecule has 0 radical (unpaired) electrons. The lowest BCUT2D eigenvalue weighted by atomic mass is 9.96. The summed E-state index contributed by atoms with van der Waals surface area (Å²) in [5.41, 5.74) is 10.2. The molecule has 0 aromatic rings. The van der Waals surface area contributed by atoms with Crippen molar-refractivity contribution in [1.29, 1.82) is 0 Å². The first-order valence-corrected chi connectivity index (χ1v) is 6.80. The van der Waals surface area contributed by atoms with Crippen molar-refractivity contribution >= 4 is 5.91 Å². The van der Waals surface area contributed by atoms with Gasteiger partial charge in [0.25, 0.3) is 0 Å². The minimum atomic E-state index is -0.870. The van der Waals surface area contributed by atoms with Gasteiger partial charge in [-0.25, -0.2) is 0 Å². The molecule has 1 fully saturated rings. The van der Waals surface area contributed by atoms with Gasteiger partial charge in [-0.1, -0.05) is 0 Å². The molecule has 0 spiro atoms. The standard InChI is InChI=1S/C13H28N4O/c1-13(15,12(14)18)7-5-8-16(2)10-11-6-4-9-17(11)3/h11H,4-10,15H2,1-3H3,(H2,14,18). The molecule has 2 atom stereocenters. The molecule has 1 rings (SSSR count). The number of primary amides is 1. The largest absolute Gasteiger partial charge is 0.368 e. The minimum Gasteiger partial charge on any atom is -0.368 e. The highest BCUT2D eigenvalue weighted by Gasteiger charge is 2.25. The third-order valence-corrected chi connectivity index (χ3v) is 3.99. The van der Waals surface area contributed by atoms with Crippen LogP contribution in [0.3, 0.4) is 0 Å². The van der Waals surface area contributed by atoms with Gasteiger partial charge in [0, 0.05) is 12.6 Å². The predicted molar refractivity (Wildman–Crippen MR) is 74.2 cm³/mol. The fourth-order valence-electron chi connectivity index (χ4n) is 2.50. The highest BCUT2D eigenvalue weighted by Crippen LogP contribution is 2.16. The quantitative estimate of drug-likeness (QED) is 0.672. The van der Waals surface area contributed by atoms with Crippen LogP contribution in [0.2, 0.25) is 0 Å². The van der Waals surface area contributed by atoms with Gasteiger partial charge in [0.05, 0.1) is 5.54 Å². The van der Waals surface area contributed by atoms with Gasteiger partial charge in [0.1, 0.15) is 0 Å². The maximum absolute atomic E-state index is 11.1. The van der Waals surface area contributed by atoms with Crippen molar-refractivity contribution in [3.8, 4) is 0 Å². The Morgan fingerprint density at radius 3 is 2.72 bits per heavy atom. The van der Waals surface area contributed by atoms with Crippen molar-refractivity contribution < 1.29 is 4.79 Å². The summed E-state index contributed by atoms with van der Waals surface area (Å²) in [5, 5.41) is 0. The van der Waals surface area contributed by atoms with Crippen molar-refractivity contribution in [3.63, 3.8) is 0 Å². The molecule has 1 amide bonds.